The molecule has 1 atom stereocenters. The third-order valence-electron chi connectivity index (χ3n) is 2.36. The van der Waals surface area contributed by atoms with Crippen molar-refractivity contribution in [3.63, 3.8) is 0 Å². The van der Waals surface area contributed by atoms with Gasteiger partial charge in [-0.15, -0.1) is 11.3 Å². The molecule has 1 unspecified atom stereocenters. The fraction of sp³-hybridized carbons (Fsp3) is 0.200. The second kappa shape index (κ2) is 5.11. The van der Waals surface area contributed by atoms with Gasteiger partial charge < -0.3 is 10.1 Å². The van der Waals surface area contributed by atoms with E-state index in [1.807, 2.05) is 0 Å². The number of aromatic carboxylic acids is 1. The van der Waals surface area contributed by atoms with Crippen LogP contribution in [-0.4, -0.2) is 29.5 Å². The number of nitrogens with one attached hydrogen (secondary N) is 2. The SMILES string of the molecule is CC(NS(=O)(=O)c1csc(C(=O)O)c1)c1ncc[nH]1. The van der Waals surface area contributed by atoms with Crippen LogP contribution in [-0.2, 0) is 10.0 Å². The van der Waals surface area contributed by atoms with Gasteiger partial charge in [0.15, 0.2) is 0 Å². The fourth-order valence-corrected chi connectivity index (χ4v) is 3.76. The monoisotopic (exact) mass is 301 g/mol. The van der Waals surface area contributed by atoms with Gasteiger partial charge in [0.2, 0.25) is 10.0 Å². The van der Waals surface area contributed by atoms with Crippen molar-refractivity contribution in [3.05, 3.63) is 34.5 Å². The van der Waals surface area contributed by atoms with Gasteiger partial charge >= 0.3 is 5.97 Å². The summed E-state index contributed by atoms with van der Waals surface area (Å²) in [4.78, 5) is 17.4. The van der Waals surface area contributed by atoms with Crippen molar-refractivity contribution in [2.24, 2.45) is 0 Å². The number of rotatable bonds is 5. The summed E-state index contributed by atoms with van der Waals surface area (Å²) in [7, 11) is -3.76. The number of imidazole rings is 1. The smallest absolute Gasteiger partial charge is 0.345 e. The molecule has 0 saturated heterocycles. The maximum absolute atomic E-state index is 12.0. The van der Waals surface area contributed by atoms with Crippen LogP contribution in [0.15, 0.2) is 28.7 Å². The maximum atomic E-state index is 12.0. The van der Waals surface area contributed by atoms with Crippen LogP contribution in [0.4, 0.5) is 0 Å². The molecule has 2 rings (SSSR count). The molecule has 19 heavy (non-hydrogen) atoms. The van der Waals surface area contributed by atoms with Crippen LogP contribution in [0.25, 0.3) is 0 Å². The van der Waals surface area contributed by atoms with Crippen LogP contribution in [0.5, 0.6) is 0 Å². The quantitative estimate of drug-likeness (QED) is 0.768. The van der Waals surface area contributed by atoms with E-state index in [1.54, 1.807) is 13.1 Å². The predicted octanol–water partition coefficient (Wildman–Crippen LogP) is 1.21. The normalized spacial score (nSPS) is 13.3. The molecule has 2 aromatic rings. The van der Waals surface area contributed by atoms with Crippen LogP contribution in [0.2, 0.25) is 0 Å². The lowest BCUT2D eigenvalue weighted by molar-refractivity contribution is 0.0702. The Morgan fingerprint density at radius 1 is 1.58 bits per heavy atom. The Hall–Kier alpha value is -1.71. The number of H-pyrrole nitrogens is 1. The highest BCUT2D eigenvalue weighted by Gasteiger charge is 2.22. The molecule has 0 amide bonds. The second-order valence-corrected chi connectivity index (χ2v) is 6.39. The van der Waals surface area contributed by atoms with Crippen molar-refractivity contribution >= 4 is 27.3 Å². The molecule has 0 fully saturated rings. The van der Waals surface area contributed by atoms with E-state index in [0.29, 0.717) is 5.82 Å². The van der Waals surface area contributed by atoms with Gasteiger partial charge in [0, 0.05) is 17.8 Å². The Morgan fingerprint density at radius 3 is 2.84 bits per heavy atom. The zero-order chi connectivity index (χ0) is 14.0. The van der Waals surface area contributed by atoms with Crippen molar-refractivity contribution in [1.82, 2.24) is 14.7 Å². The minimum Gasteiger partial charge on any atom is -0.477 e. The lowest BCUT2D eigenvalue weighted by Crippen LogP contribution is -2.27. The number of thiophene rings is 1. The maximum Gasteiger partial charge on any atom is 0.345 e. The van der Waals surface area contributed by atoms with Gasteiger partial charge in [0.05, 0.1) is 10.9 Å². The van der Waals surface area contributed by atoms with Crippen LogP contribution in [0.3, 0.4) is 0 Å². The van der Waals surface area contributed by atoms with Crippen molar-refractivity contribution in [2.75, 3.05) is 0 Å². The van der Waals surface area contributed by atoms with Crippen molar-refractivity contribution in [3.8, 4) is 0 Å². The average Bonchev–Trinajstić information content (AvgIpc) is 3.00. The van der Waals surface area contributed by atoms with Crippen LogP contribution >= 0.6 is 11.3 Å². The summed E-state index contributed by atoms with van der Waals surface area (Å²) >= 11 is 0.867. The number of aromatic nitrogens is 2. The third-order valence-corrected chi connectivity index (χ3v) is 4.95. The summed E-state index contributed by atoms with van der Waals surface area (Å²) in [6.45, 7) is 1.64. The molecular weight excluding hydrogens is 290 g/mol. The second-order valence-electron chi connectivity index (χ2n) is 3.77. The van der Waals surface area contributed by atoms with Gasteiger partial charge in [-0.3, -0.25) is 0 Å². The first-order valence-corrected chi connectivity index (χ1v) is 7.60. The Balaban J connectivity index is 2.20. The summed E-state index contributed by atoms with van der Waals surface area (Å²) in [5, 5.41) is 10.1. The Kier molecular flexibility index (Phi) is 3.69. The molecule has 0 aliphatic carbocycles. The summed E-state index contributed by atoms with van der Waals surface area (Å²) < 4.78 is 26.5. The molecule has 0 saturated carbocycles. The number of nitrogens with zero attached hydrogens (tertiary/aromatic N) is 1. The number of carboxylic acids is 1. The molecule has 0 bridgehead atoms. The van der Waals surface area contributed by atoms with Gasteiger partial charge in [0.25, 0.3) is 0 Å². The molecule has 0 aliphatic rings. The number of carboxylic acid groups (broad SMARTS) is 1. The fourth-order valence-electron chi connectivity index (χ4n) is 1.44. The number of sulfonamides is 1. The van der Waals surface area contributed by atoms with E-state index in [2.05, 4.69) is 14.7 Å². The summed E-state index contributed by atoms with van der Waals surface area (Å²) in [5.74, 6) is -0.664. The molecular formula is C10H11N3O4S2. The zero-order valence-corrected chi connectivity index (χ0v) is 11.5. The minimum absolute atomic E-state index is 0.0222. The first kappa shape index (κ1) is 13.7. The molecule has 2 heterocycles. The van der Waals surface area contributed by atoms with Gasteiger partial charge in [-0.2, -0.15) is 0 Å². The highest BCUT2D eigenvalue weighted by atomic mass is 32.2. The topological polar surface area (TPSA) is 112 Å². The van der Waals surface area contributed by atoms with E-state index in [0.717, 1.165) is 17.4 Å². The summed E-state index contributed by atoms with van der Waals surface area (Å²) in [5.41, 5.74) is 0. The van der Waals surface area contributed by atoms with Crippen LogP contribution in [0, 0.1) is 0 Å². The highest BCUT2D eigenvalue weighted by molar-refractivity contribution is 7.89. The Bertz CT molecular complexity index is 675. The minimum atomic E-state index is -3.76. The number of hydrogen-bond donors (Lipinski definition) is 3. The molecule has 0 spiro atoms. The molecule has 0 aliphatic heterocycles. The Morgan fingerprint density at radius 2 is 2.32 bits per heavy atom. The zero-order valence-electron chi connectivity index (χ0n) is 9.82. The molecule has 2 aromatic heterocycles. The van der Waals surface area contributed by atoms with Crippen LogP contribution < -0.4 is 4.72 Å². The van der Waals surface area contributed by atoms with Crippen molar-refractivity contribution < 1.29 is 18.3 Å². The first-order chi connectivity index (χ1) is 8.90. The van der Waals surface area contributed by atoms with Gasteiger partial charge in [0.1, 0.15) is 10.7 Å². The third kappa shape index (κ3) is 3.00. The van der Waals surface area contributed by atoms with Gasteiger partial charge in [-0.25, -0.2) is 22.9 Å². The van der Waals surface area contributed by atoms with E-state index >= 15 is 0 Å². The number of hydrogen-bond acceptors (Lipinski definition) is 5. The molecule has 9 heteroatoms. The first-order valence-electron chi connectivity index (χ1n) is 5.23. The lowest BCUT2D eigenvalue weighted by atomic mass is 10.3. The van der Waals surface area contributed by atoms with Crippen LogP contribution in [0.1, 0.15) is 28.5 Å². The van der Waals surface area contributed by atoms with Crippen molar-refractivity contribution in [2.45, 2.75) is 17.9 Å². The molecule has 3 N–H and O–H groups in total. The predicted molar refractivity (Wildman–Crippen MR) is 68.6 cm³/mol. The largest absolute Gasteiger partial charge is 0.477 e. The highest BCUT2D eigenvalue weighted by Crippen LogP contribution is 2.21. The average molecular weight is 301 g/mol. The van der Waals surface area contributed by atoms with E-state index in [-0.39, 0.29) is 9.77 Å². The van der Waals surface area contributed by atoms with Gasteiger partial charge in [-0.1, -0.05) is 0 Å². The van der Waals surface area contributed by atoms with Crippen molar-refractivity contribution in [1.29, 1.82) is 0 Å². The van der Waals surface area contributed by atoms with E-state index in [9.17, 15) is 13.2 Å². The molecule has 0 aromatic carbocycles. The lowest BCUT2D eigenvalue weighted by Gasteiger charge is -2.10. The van der Waals surface area contributed by atoms with E-state index < -0.39 is 22.0 Å². The summed E-state index contributed by atoms with van der Waals surface area (Å²) in [6, 6.07) is 0.595. The standard InChI is InChI=1S/C10H11N3O4S2/c1-6(9-11-2-3-12-9)13-19(16,17)7-4-8(10(14)15)18-5-7/h2-6,13H,1H3,(H,11,12)(H,14,15). The number of carbonyl (C=O) groups is 1. The van der Waals surface area contributed by atoms with Gasteiger partial charge in [-0.05, 0) is 13.0 Å². The summed E-state index contributed by atoms with van der Waals surface area (Å²) in [6.07, 6.45) is 3.11. The Labute approximate surface area is 113 Å². The number of aromatic amines is 1. The van der Waals surface area contributed by atoms with E-state index in [1.165, 1.54) is 11.6 Å². The molecule has 0 radical (unpaired) electrons. The molecule has 7 nitrogen and oxygen atoms in total. The van der Waals surface area contributed by atoms with E-state index in [4.69, 9.17) is 5.11 Å². The molecule has 102 valence electrons.